The third-order valence-electron chi connectivity index (χ3n) is 1.86. The van der Waals surface area contributed by atoms with Gasteiger partial charge < -0.3 is 5.11 Å². The predicted molar refractivity (Wildman–Crippen MR) is 51.8 cm³/mol. The molecule has 0 atom stereocenters. The molecule has 2 rings (SSSR count). The van der Waals surface area contributed by atoms with Gasteiger partial charge in [-0.05, 0) is 5.56 Å². The molecule has 1 heterocycles. The highest BCUT2D eigenvalue weighted by Crippen LogP contribution is 1.96. The molecule has 0 spiro atoms. The maximum atomic E-state index is 11.6. The average Bonchev–Trinajstić information content (AvgIpc) is 2.65. The second kappa shape index (κ2) is 3.91. The topological polar surface area (TPSA) is 57.1 Å². The molecule has 0 saturated carbocycles. The standard InChI is InChI=1S/C10H10N4O/c1-13-8-14(7-11-13)12-10(15)9-5-3-2-4-6-9/h2-8H,1H3. The van der Waals surface area contributed by atoms with E-state index in [1.165, 1.54) is 11.0 Å². The molecule has 0 aliphatic rings. The molecule has 0 amide bonds. The second-order valence-electron chi connectivity index (χ2n) is 3.07. The van der Waals surface area contributed by atoms with Crippen LogP contribution in [0.25, 0.3) is 0 Å². The highest BCUT2D eigenvalue weighted by atomic mass is 16.3. The zero-order valence-electron chi connectivity index (χ0n) is 8.24. The number of nitrogens with zero attached hydrogens (tertiary/aromatic N) is 4. The number of rotatable bonds is 2. The lowest BCUT2D eigenvalue weighted by molar-refractivity contribution is -0.682. The third kappa shape index (κ3) is 2.19. The highest BCUT2D eigenvalue weighted by Gasteiger charge is 1.98. The molecule has 0 unspecified atom stereocenters. The van der Waals surface area contributed by atoms with Crippen LogP contribution in [0.5, 0.6) is 0 Å². The van der Waals surface area contributed by atoms with Crippen molar-refractivity contribution in [1.29, 1.82) is 0 Å². The van der Waals surface area contributed by atoms with Crippen LogP contribution in [-0.4, -0.2) is 15.7 Å². The maximum absolute atomic E-state index is 11.6. The van der Waals surface area contributed by atoms with E-state index in [0.717, 1.165) is 0 Å². The first-order chi connectivity index (χ1) is 7.25. The van der Waals surface area contributed by atoms with Crippen LogP contribution in [0.3, 0.4) is 0 Å². The number of aryl methyl sites for hydroxylation is 1. The van der Waals surface area contributed by atoms with E-state index in [-0.39, 0.29) is 5.90 Å². The highest BCUT2D eigenvalue weighted by molar-refractivity contribution is 5.89. The van der Waals surface area contributed by atoms with Gasteiger partial charge in [0, 0.05) is 11.0 Å². The number of benzene rings is 1. The van der Waals surface area contributed by atoms with Gasteiger partial charge >= 0.3 is 0 Å². The normalized spacial score (nSPS) is 11.7. The van der Waals surface area contributed by atoms with Crippen LogP contribution in [-0.2, 0) is 7.05 Å². The lowest BCUT2D eigenvalue weighted by Crippen LogP contribution is -2.32. The van der Waals surface area contributed by atoms with E-state index >= 15 is 0 Å². The van der Waals surface area contributed by atoms with Gasteiger partial charge in [0.2, 0.25) is 6.33 Å². The van der Waals surface area contributed by atoms with Crippen molar-refractivity contribution in [1.82, 2.24) is 9.78 Å². The summed E-state index contributed by atoms with van der Waals surface area (Å²) < 4.78 is 2.96. The lowest BCUT2D eigenvalue weighted by Gasteiger charge is -2.07. The molecule has 0 aliphatic heterocycles. The van der Waals surface area contributed by atoms with Gasteiger partial charge in [-0.3, -0.25) is 0 Å². The minimum atomic E-state index is -0.284. The number of aromatic nitrogens is 3. The summed E-state index contributed by atoms with van der Waals surface area (Å²) in [6.45, 7) is 0. The third-order valence-corrected chi connectivity index (χ3v) is 1.86. The van der Waals surface area contributed by atoms with Crippen molar-refractivity contribution in [3.05, 3.63) is 48.5 Å². The summed E-state index contributed by atoms with van der Waals surface area (Å²) in [4.78, 5) is 0. The zero-order valence-corrected chi connectivity index (χ0v) is 8.24. The molecule has 1 aromatic heterocycles. The Bertz CT molecular complexity index is 475. The largest absolute Gasteiger partial charge is 0.856 e. The van der Waals surface area contributed by atoms with Crippen LogP contribution in [0.1, 0.15) is 5.56 Å². The molecule has 2 aromatic rings. The minimum absolute atomic E-state index is 0.284. The summed E-state index contributed by atoms with van der Waals surface area (Å²) in [5, 5.41) is 19.3. The van der Waals surface area contributed by atoms with Crippen LogP contribution < -0.4 is 9.78 Å². The van der Waals surface area contributed by atoms with Gasteiger partial charge in [0.25, 0.3) is 6.33 Å². The monoisotopic (exact) mass is 202 g/mol. The van der Waals surface area contributed by atoms with E-state index in [1.807, 2.05) is 6.07 Å². The zero-order chi connectivity index (χ0) is 10.7. The summed E-state index contributed by atoms with van der Waals surface area (Å²) in [6, 6.07) is 8.91. The predicted octanol–water partition coefficient (Wildman–Crippen LogP) is -0.722. The van der Waals surface area contributed by atoms with Crippen LogP contribution in [0, 0.1) is 0 Å². The Kier molecular flexibility index (Phi) is 2.45. The first kappa shape index (κ1) is 9.39. The van der Waals surface area contributed by atoms with Crippen LogP contribution in [0.2, 0.25) is 0 Å². The molecule has 0 fully saturated rings. The van der Waals surface area contributed by atoms with Gasteiger partial charge in [-0.2, -0.15) is 0 Å². The van der Waals surface area contributed by atoms with E-state index < -0.39 is 0 Å². The minimum Gasteiger partial charge on any atom is -0.856 e. The van der Waals surface area contributed by atoms with Crippen LogP contribution in [0.4, 0.5) is 0 Å². The summed E-state index contributed by atoms with van der Waals surface area (Å²) in [5.74, 6) is -0.284. The molecule has 15 heavy (non-hydrogen) atoms. The smallest absolute Gasteiger partial charge is 0.288 e. The average molecular weight is 202 g/mol. The summed E-state index contributed by atoms with van der Waals surface area (Å²) in [7, 11) is 1.76. The van der Waals surface area contributed by atoms with Crippen molar-refractivity contribution in [2.24, 2.45) is 12.1 Å². The number of hydrogen-bond acceptors (Lipinski definition) is 3. The molecule has 5 heteroatoms. The summed E-state index contributed by atoms with van der Waals surface area (Å²) in [6.07, 6.45) is 3.08. The first-order valence-corrected chi connectivity index (χ1v) is 4.47. The Labute approximate surface area is 86.9 Å². The summed E-state index contributed by atoms with van der Waals surface area (Å²) in [5.41, 5.74) is 0.564. The maximum Gasteiger partial charge on any atom is 0.288 e. The van der Waals surface area contributed by atoms with Crippen LogP contribution >= 0.6 is 0 Å². The van der Waals surface area contributed by atoms with Crippen molar-refractivity contribution in [2.75, 3.05) is 0 Å². The molecule has 0 N–H and O–H groups in total. The Hall–Kier alpha value is -2.17. The molecule has 1 aromatic carbocycles. The van der Waals surface area contributed by atoms with E-state index in [4.69, 9.17) is 0 Å². The van der Waals surface area contributed by atoms with Crippen molar-refractivity contribution in [3.63, 3.8) is 0 Å². The van der Waals surface area contributed by atoms with E-state index in [1.54, 1.807) is 42.3 Å². The van der Waals surface area contributed by atoms with E-state index in [9.17, 15) is 5.11 Å². The Morgan fingerprint density at radius 3 is 2.73 bits per heavy atom. The van der Waals surface area contributed by atoms with Crippen molar-refractivity contribution in [2.45, 2.75) is 0 Å². The van der Waals surface area contributed by atoms with Gasteiger partial charge in [0.15, 0.2) is 0 Å². The van der Waals surface area contributed by atoms with Gasteiger partial charge in [-0.1, -0.05) is 30.3 Å². The Morgan fingerprint density at radius 2 is 2.13 bits per heavy atom. The molecule has 76 valence electrons. The number of hydrogen-bond donors (Lipinski definition) is 0. The second-order valence-corrected chi connectivity index (χ2v) is 3.07. The van der Waals surface area contributed by atoms with Crippen molar-refractivity contribution >= 4 is 5.90 Å². The Balaban J connectivity index is 2.28. The fraction of sp³-hybridized carbons (Fsp3) is 0.100. The van der Waals surface area contributed by atoms with Crippen molar-refractivity contribution in [3.8, 4) is 0 Å². The fourth-order valence-electron chi connectivity index (χ4n) is 1.16. The first-order valence-electron chi connectivity index (χ1n) is 4.47. The Morgan fingerprint density at radius 1 is 1.40 bits per heavy atom. The molecular weight excluding hydrogens is 192 g/mol. The van der Waals surface area contributed by atoms with Crippen molar-refractivity contribution < 1.29 is 9.78 Å². The molecular formula is C10H10N4O. The molecule has 5 nitrogen and oxygen atoms in total. The molecule has 0 radical (unpaired) electrons. The van der Waals surface area contributed by atoms with E-state index in [0.29, 0.717) is 5.56 Å². The van der Waals surface area contributed by atoms with Gasteiger partial charge in [0.1, 0.15) is 0 Å². The van der Waals surface area contributed by atoms with Gasteiger partial charge in [-0.15, -0.1) is 14.5 Å². The van der Waals surface area contributed by atoms with E-state index in [2.05, 4.69) is 10.2 Å². The van der Waals surface area contributed by atoms with Crippen LogP contribution in [0.15, 0.2) is 48.1 Å². The summed E-state index contributed by atoms with van der Waals surface area (Å²) >= 11 is 0. The molecule has 0 aliphatic carbocycles. The molecule has 0 bridgehead atoms. The quantitative estimate of drug-likeness (QED) is 0.366. The lowest BCUT2D eigenvalue weighted by atomic mass is 10.2. The van der Waals surface area contributed by atoms with Gasteiger partial charge in [0.05, 0.1) is 7.05 Å². The van der Waals surface area contributed by atoms with Gasteiger partial charge in [-0.25, -0.2) is 0 Å². The fourth-order valence-corrected chi connectivity index (χ4v) is 1.16. The SMILES string of the molecule is Cn1c[n+](/N=C(\[O-])c2ccccc2)cn1. The molecule has 0 saturated heterocycles.